The summed E-state index contributed by atoms with van der Waals surface area (Å²) >= 11 is 0. The average Bonchev–Trinajstić information content (AvgIpc) is 3.01. The number of fused-ring (bicyclic) bond motifs is 1. The van der Waals surface area contributed by atoms with Crippen molar-refractivity contribution < 1.29 is 28.3 Å². The molecule has 0 saturated carbocycles. The fraction of sp³-hybridized carbons (Fsp3) is 0.303. The first-order valence-corrected chi connectivity index (χ1v) is 14.5. The van der Waals surface area contributed by atoms with Crippen LogP contribution in [0.25, 0.3) is 0 Å². The molecular formula is C33H35F2N5O4. The summed E-state index contributed by atoms with van der Waals surface area (Å²) in [6, 6.07) is 16.7. The lowest BCUT2D eigenvalue weighted by Crippen LogP contribution is -2.79. The predicted molar refractivity (Wildman–Crippen MR) is 160 cm³/mol. The standard InChI is InChI=1S/C33H35F2N5O4/c1-3-4-16-37-21-30(42)39-29(17-23-10-14-27(41)15-11-23)32(43)38(20-25-12-13-26(34)18-28(25)35)22(2)31(39)40(37)33(44)36-19-24-8-6-5-7-9-24/h3-15,18,22,29,31,41H,16-17,19-21H2,1-2H3,(H,36,44)/b4-3-/t22-,29-,31-/m0/s1. The van der Waals surface area contributed by atoms with Gasteiger partial charge >= 0.3 is 6.03 Å². The molecule has 0 spiro atoms. The molecule has 2 N–H and O–H groups in total. The zero-order valence-corrected chi connectivity index (χ0v) is 24.6. The molecule has 0 bridgehead atoms. The van der Waals surface area contributed by atoms with Gasteiger partial charge in [-0.2, -0.15) is 0 Å². The number of piperazine rings is 1. The Bertz CT molecular complexity index is 1530. The van der Waals surface area contributed by atoms with Crippen LogP contribution in [0.4, 0.5) is 13.6 Å². The molecule has 2 heterocycles. The van der Waals surface area contributed by atoms with Gasteiger partial charge in [0.15, 0.2) is 0 Å². The smallest absolute Gasteiger partial charge is 0.334 e. The number of aromatic hydroxyl groups is 1. The van der Waals surface area contributed by atoms with Crippen LogP contribution >= 0.6 is 0 Å². The van der Waals surface area contributed by atoms with Crippen molar-refractivity contribution in [3.63, 3.8) is 0 Å². The van der Waals surface area contributed by atoms with Gasteiger partial charge in [0.2, 0.25) is 11.8 Å². The fourth-order valence-corrected chi connectivity index (χ4v) is 5.79. The van der Waals surface area contributed by atoms with E-state index >= 15 is 0 Å². The number of phenolic OH excluding ortho intramolecular Hbond substituents is 1. The Hall–Kier alpha value is -4.77. The summed E-state index contributed by atoms with van der Waals surface area (Å²) in [5.41, 5.74) is 1.68. The minimum Gasteiger partial charge on any atom is -0.508 e. The molecule has 3 aromatic carbocycles. The number of hydrazine groups is 1. The summed E-state index contributed by atoms with van der Waals surface area (Å²) in [6.45, 7) is 3.73. The van der Waals surface area contributed by atoms with Gasteiger partial charge in [-0.05, 0) is 43.2 Å². The van der Waals surface area contributed by atoms with E-state index in [9.17, 15) is 28.3 Å². The van der Waals surface area contributed by atoms with Gasteiger partial charge in [-0.15, -0.1) is 0 Å². The van der Waals surface area contributed by atoms with Crippen molar-refractivity contribution in [2.75, 3.05) is 13.1 Å². The molecule has 230 valence electrons. The van der Waals surface area contributed by atoms with E-state index in [0.717, 1.165) is 17.7 Å². The zero-order valence-electron chi connectivity index (χ0n) is 24.6. The number of nitrogens with zero attached hydrogens (tertiary/aromatic N) is 4. The van der Waals surface area contributed by atoms with Crippen molar-refractivity contribution in [3.05, 3.63) is 113 Å². The lowest BCUT2D eigenvalue weighted by atomic mass is 9.94. The SMILES string of the molecule is C/C=C\CN1CC(=O)N2[C@@H](Cc3ccc(O)cc3)C(=O)N(Cc3ccc(F)cc3F)[C@@H](C)[C@@H]2N1C(=O)NCc1ccccc1. The first-order valence-electron chi connectivity index (χ1n) is 14.5. The second kappa shape index (κ2) is 13.3. The van der Waals surface area contributed by atoms with Crippen molar-refractivity contribution >= 4 is 17.8 Å². The molecule has 0 aromatic heterocycles. The number of carbonyl (C=O) groups is 3. The molecule has 2 aliphatic heterocycles. The number of hydrogen-bond donors (Lipinski definition) is 2. The number of urea groups is 1. The van der Waals surface area contributed by atoms with Crippen LogP contribution in [0, 0.1) is 11.6 Å². The number of allylic oxidation sites excluding steroid dienone is 1. The number of benzene rings is 3. The molecule has 0 unspecified atom stereocenters. The lowest BCUT2D eigenvalue weighted by molar-refractivity contribution is -0.198. The van der Waals surface area contributed by atoms with E-state index in [2.05, 4.69) is 5.32 Å². The second-order valence-electron chi connectivity index (χ2n) is 10.9. The number of phenols is 1. The quantitative estimate of drug-likeness (QED) is 0.377. The van der Waals surface area contributed by atoms with E-state index in [4.69, 9.17) is 0 Å². The summed E-state index contributed by atoms with van der Waals surface area (Å²) < 4.78 is 28.6. The van der Waals surface area contributed by atoms with Gasteiger partial charge in [0.05, 0.1) is 12.6 Å². The third kappa shape index (κ3) is 6.42. The van der Waals surface area contributed by atoms with E-state index in [1.54, 1.807) is 24.1 Å². The molecule has 4 amide bonds. The van der Waals surface area contributed by atoms with Crippen molar-refractivity contribution in [3.8, 4) is 5.75 Å². The second-order valence-corrected chi connectivity index (χ2v) is 10.9. The molecule has 44 heavy (non-hydrogen) atoms. The maximum absolute atomic E-state index is 14.8. The highest BCUT2D eigenvalue weighted by atomic mass is 19.1. The van der Waals surface area contributed by atoms with E-state index < -0.39 is 41.8 Å². The van der Waals surface area contributed by atoms with Crippen molar-refractivity contribution in [2.24, 2.45) is 0 Å². The summed E-state index contributed by atoms with van der Waals surface area (Å²) in [5, 5.41) is 15.9. The highest BCUT2D eigenvalue weighted by Gasteiger charge is 2.54. The van der Waals surface area contributed by atoms with Crippen molar-refractivity contribution in [1.29, 1.82) is 0 Å². The first kappa shape index (κ1) is 30.7. The lowest BCUT2D eigenvalue weighted by Gasteiger charge is -2.57. The number of rotatable bonds is 8. The number of halogens is 2. The van der Waals surface area contributed by atoms with Gasteiger partial charge in [0.25, 0.3) is 0 Å². The van der Waals surface area contributed by atoms with Gasteiger partial charge in [-0.25, -0.2) is 23.6 Å². The van der Waals surface area contributed by atoms with Crippen LogP contribution in [0.15, 0.2) is 84.9 Å². The normalized spacial score (nSPS) is 20.7. The Morgan fingerprint density at radius 1 is 1.02 bits per heavy atom. The summed E-state index contributed by atoms with van der Waals surface area (Å²) in [4.78, 5) is 44.9. The Balaban J connectivity index is 1.55. The molecule has 5 rings (SSSR count). The largest absolute Gasteiger partial charge is 0.508 e. The van der Waals surface area contributed by atoms with Crippen LogP contribution < -0.4 is 5.32 Å². The Kier molecular flexibility index (Phi) is 9.24. The molecule has 3 aromatic rings. The van der Waals surface area contributed by atoms with Crippen LogP contribution in [-0.2, 0) is 29.1 Å². The maximum atomic E-state index is 14.8. The average molecular weight is 604 g/mol. The van der Waals surface area contributed by atoms with Gasteiger partial charge in [0, 0.05) is 37.7 Å². The third-order valence-electron chi connectivity index (χ3n) is 8.04. The van der Waals surface area contributed by atoms with E-state index in [0.29, 0.717) is 5.56 Å². The Labute approximate surface area is 254 Å². The molecule has 2 saturated heterocycles. The van der Waals surface area contributed by atoms with Gasteiger partial charge in [0.1, 0.15) is 29.6 Å². The van der Waals surface area contributed by atoms with Crippen LogP contribution in [0.1, 0.15) is 30.5 Å². The predicted octanol–water partition coefficient (Wildman–Crippen LogP) is 4.19. The number of carbonyl (C=O) groups excluding carboxylic acids is 3. The summed E-state index contributed by atoms with van der Waals surface area (Å²) in [6.07, 6.45) is 2.83. The Morgan fingerprint density at radius 3 is 2.43 bits per heavy atom. The molecular weight excluding hydrogens is 568 g/mol. The number of nitrogens with one attached hydrogen (secondary N) is 1. The van der Waals surface area contributed by atoms with Crippen LogP contribution in [-0.4, -0.2) is 74.1 Å². The molecule has 0 radical (unpaired) electrons. The molecule has 2 fully saturated rings. The topological polar surface area (TPSA) is 96.4 Å². The first-order chi connectivity index (χ1) is 21.2. The van der Waals surface area contributed by atoms with Gasteiger partial charge < -0.3 is 20.2 Å². The summed E-state index contributed by atoms with van der Waals surface area (Å²) in [5.74, 6) is -2.24. The van der Waals surface area contributed by atoms with Gasteiger partial charge in [-0.3, -0.25) is 9.59 Å². The molecule has 0 aliphatic carbocycles. The third-order valence-corrected chi connectivity index (χ3v) is 8.04. The van der Waals surface area contributed by atoms with Crippen molar-refractivity contribution in [2.45, 2.75) is 51.6 Å². The van der Waals surface area contributed by atoms with Gasteiger partial charge in [-0.1, -0.05) is 60.7 Å². The number of amides is 4. The minimum atomic E-state index is -1.02. The Morgan fingerprint density at radius 2 is 1.75 bits per heavy atom. The van der Waals surface area contributed by atoms with Crippen LogP contribution in [0.5, 0.6) is 5.75 Å². The molecule has 3 atom stereocenters. The van der Waals surface area contributed by atoms with Crippen LogP contribution in [0.2, 0.25) is 0 Å². The van der Waals surface area contributed by atoms with E-state index in [1.807, 2.05) is 49.4 Å². The zero-order chi connectivity index (χ0) is 31.4. The maximum Gasteiger partial charge on any atom is 0.334 e. The molecule has 2 aliphatic rings. The fourth-order valence-electron chi connectivity index (χ4n) is 5.79. The summed E-state index contributed by atoms with van der Waals surface area (Å²) in [7, 11) is 0. The number of hydrogen-bond acceptors (Lipinski definition) is 5. The van der Waals surface area contributed by atoms with Crippen LogP contribution in [0.3, 0.4) is 0 Å². The van der Waals surface area contributed by atoms with E-state index in [-0.39, 0.29) is 49.8 Å². The van der Waals surface area contributed by atoms with E-state index in [1.165, 1.54) is 33.0 Å². The molecule has 11 heteroatoms. The molecule has 9 nitrogen and oxygen atoms in total. The minimum absolute atomic E-state index is 0.0542. The highest BCUT2D eigenvalue weighted by molar-refractivity contribution is 5.92. The van der Waals surface area contributed by atoms with Crippen molar-refractivity contribution in [1.82, 2.24) is 25.1 Å². The highest BCUT2D eigenvalue weighted by Crippen LogP contribution is 2.33. The monoisotopic (exact) mass is 603 g/mol.